The summed E-state index contributed by atoms with van der Waals surface area (Å²) in [6, 6.07) is 7.86. The second-order valence-electron chi connectivity index (χ2n) is 6.78. The molecule has 0 radical (unpaired) electrons. The average Bonchev–Trinajstić information content (AvgIpc) is 2.98. The van der Waals surface area contributed by atoms with Crippen LogP contribution in [0.25, 0.3) is 10.2 Å². The van der Waals surface area contributed by atoms with Crippen LogP contribution in [0.3, 0.4) is 0 Å². The average molecular weight is 366 g/mol. The molecule has 1 saturated heterocycles. The van der Waals surface area contributed by atoms with E-state index < -0.39 is 0 Å². The van der Waals surface area contributed by atoms with Crippen LogP contribution in [0.15, 0.2) is 30.6 Å². The molecule has 3 aromatic rings. The highest BCUT2D eigenvalue weighted by atomic mass is 32.1. The summed E-state index contributed by atoms with van der Waals surface area (Å²) in [5, 5.41) is 3.93. The lowest BCUT2D eigenvalue weighted by Gasteiger charge is -2.28. The van der Waals surface area contributed by atoms with Crippen LogP contribution >= 0.6 is 11.3 Å². The van der Waals surface area contributed by atoms with E-state index in [0.717, 1.165) is 45.3 Å². The van der Waals surface area contributed by atoms with Crippen molar-refractivity contribution in [2.45, 2.75) is 33.1 Å². The molecule has 134 valence electrons. The number of nitrogens with zero attached hydrogens (tertiary/aromatic N) is 3. The minimum atomic E-state index is -0.0904. The van der Waals surface area contributed by atoms with Crippen molar-refractivity contribution in [3.63, 3.8) is 0 Å². The van der Waals surface area contributed by atoms with Gasteiger partial charge < -0.3 is 10.2 Å². The smallest absolute Gasteiger partial charge is 0.257 e. The Hall–Kier alpha value is -2.47. The molecule has 0 saturated carbocycles. The van der Waals surface area contributed by atoms with Gasteiger partial charge in [-0.05, 0) is 50.8 Å². The summed E-state index contributed by atoms with van der Waals surface area (Å²) in [5.41, 5.74) is 2.63. The molecule has 1 aliphatic rings. The summed E-state index contributed by atoms with van der Waals surface area (Å²) in [6.45, 7) is 5.97. The number of aryl methyl sites for hydroxylation is 2. The zero-order chi connectivity index (χ0) is 18.1. The maximum atomic E-state index is 13.1. The second kappa shape index (κ2) is 7.03. The number of hydrogen-bond acceptors (Lipinski definition) is 5. The number of carbonyl (C=O) groups excluding carboxylic acids is 1. The van der Waals surface area contributed by atoms with Crippen molar-refractivity contribution < 1.29 is 4.79 Å². The van der Waals surface area contributed by atoms with Crippen LogP contribution in [0, 0.1) is 13.8 Å². The maximum absolute atomic E-state index is 13.1. The monoisotopic (exact) mass is 366 g/mol. The Morgan fingerprint density at radius 1 is 1.15 bits per heavy atom. The Morgan fingerprint density at radius 3 is 2.73 bits per heavy atom. The van der Waals surface area contributed by atoms with E-state index in [0.29, 0.717) is 5.56 Å². The quantitative estimate of drug-likeness (QED) is 0.739. The molecule has 0 spiro atoms. The van der Waals surface area contributed by atoms with Gasteiger partial charge in [0.25, 0.3) is 5.91 Å². The first-order valence-electron chi connectivity index (χ1n) is 9.00. The van der Waals surface area contributed by atoms with Gasteiger partial charge in [0.15, 0.2) is 0 Å². The van der Waals surface area contributed by atoms with Gasteiger partial charge in [-0.15, -0.1) is 11.3 Å². The first kappa shape index (κ1) is 17.0. The van der Waals surface area contributed by atoms with Crippen molar-refractivity contribution in [3.8, 4) is 0 Å². The Labute approximate surface area is 157 Å². The van der Waals surface area contributed by atoms with E-state index in [9.17, 15) is 4.79 Å². The van der Waals surface area contributed by atoms with Gasteiger partial charge in [-0.25, -0.2) is 9.97 Å². The molecule has 1 N–H and O–H groups in total. The molecule has 6 heteroatoms. The predicted molar refractivity (Wildman–Crippen MR) is 107 cm³/mol. The summed E-state index contributed by atoms with van der Waals surface area (Å²) in [6.07, 6.45) is 5.21. The molecule has 1 aliphatic heterocycles. The Balaban J connectivity index is 1.76. The molecule has 1 fully saturated rings. The highest BCUT2D eigenvalue weighted by Crippen LogP contribution is 2.36. The molecule has 0 aliphatic carbocycles. The molecule has 4 rings (SSSR count). The van der Waals surface area contributed by atoms with Gasteiger partial charge in [0.2, 0.25) is 0 Å². The summed E-state index contributed by atoms with van der Waals surface area (Å²) >= 11 is 1.56. The summed E-state index contributed by atoms with van der Waals surface area (Å²) in [4.78, 5) is 26.2. The number of piperidine rings is 1. The molecule has 1 aromatic carbocycles. The largest absolute Gasteiger partial charge is 0.356 e. The first-order valence-corrected chi connectivity index (χ1v) is 9.82. The molecule has 26 heavy (non-hydrogen) atoms. The fourth-order valence-electron chi connectivity index (χ4n) is 3.56. The number of hydrogen-bond donors (Lipinski definition) is 1. The summed E-state index contributed by atoms with van der Waals surface area (Å²) < 4.78 is 0. The number of benzene rings is 1. The molecule has 0 unspecified atom stereocenters. The summed E-state index contributed by atoms with van der Waals surface area (Å²) in [7, 11) is 0. The summed E-state index contributed by atoms with van der Waals surface area (Å²) in [5.74, 6) is 0.806. The molecule has 1 amide bonds. The van der Waals surface area contributed by atoms with Gasteiger partial charge in [0.1, 0.15) is 17.0 Å². The highest BCUT2D eigenvalue weighted by Gasteiger charge is 2.24. The topological polar surface area (TPSA) is 58.1 Å². The molecule has 5 nitrogen and oxygen atoms in total. The van der Waals surface area contributed by atoms with Crippen molar-refractivity contribution in [2.75, 3.05) is 23.3 Å². The number of rotatable bonds is 3. The number of thiophene rings is 1. The van der Waals surface area contributed by atoms with E-state index in [4.69, 9.17) is 0 Å². The number of carbonyl (C=O) groups is 1. The van der Waals surface area contributed by atoms with Crippen molar-refractivity contribution in [3.05, 3.63) is 46.6 Å². The Morgan fingerprint density at radius 2 is 1.96 bits per heavy atom. The van der Waals surface area contributed by atoms with Crippen LogP contribution in [0.5, 0.6) is 0 Å². The molecule has 2 aromatic heterocycles. The lowest BCUT2D eigenvalue weighted by Crippen LogP contribution is -2.30. The first-order chi connectivity index (χ1) is 12.6. The van der Waals surface area contributed by atoms with Gasteiger partial charge >= 0.3 is 0 Å². The molecule has 0 atom stereocenters. The zero-order valence-corrected chi connectivity index (χ0v) is 15.9. The molecule has 0 bridgehead atoms. The third-order valence-corrected chi connectivity index (χ3v) is 5.82. The number of anilines is 2. The Kier molecular flexibility index (Phi) is 4.59. The third-order valence-electron chi connectivity index (χ3n) is 4.80. The van der Waals surface area contributed by atoms with E-state index in [2.05, 4.69) is 20.2 Å². The van der Waals surface area contributed by atoms with Crippen LogP contribution < -0.4 is 10.2 Å². The predicted octanol–water partition coefficient (Wildman–Crippen LogP) is 4.55. The Bertz CT molecular complexity index is 960. The molecular formula is C20H22N4OS. The van der Waals surface area contributed by atoms with Crippen molar-refractivity contribution >= 4 is 39.0 Å². The lowest BCUT2D eigenvalue weighted by atomic mass is 10.1. The maximum Gasteiger partial charge on any atom is 0.257 e. The van der Waals surface area contributed by atoms with Crippen molar-refractivity contribution in [1.82, 2.24) is 9.97 Å². The second-order valence-corrected chi connectivity index (χ2v) is 7.99. The highest BCUT2D eigenvalue weighted by molar-refractivity contribution is 7.19. The molecular weight excluding hydrogens is 344 g/mol. The third kappa shape index (κ3) is 3.17. The van der Waals surface area contributed by atoms with Crippen LogP contribution in [0.4, 0.5) is 11.5 Å². The van der Waals surface area contributed by atoms with E-state index in [1.807, 2.05) is 38.1 Å². The van der Waals surface area contributed by atoms with Gasteiger partial charge in [0, 0.05) is 23.7 Å². The zero-order valence-electron chi connectivity index (χ0n) is 15.1. The SMILES string of the molecule is Cc1cccc(NC(=O)c2c(C)sc3ncnc(N4CCCCC4)c23)c1. The van der Waals surface area contributed by atoms with E-state index in [1.54, 1.807) is 17.7 Å². The van der Waals surface area contributed by atoms with Gasteiger partial charge in [-0.2, -0.15) is 0 Å². The lowest BCUT2D eigenvalue weighted by molar-refractivity contribution is 0.102. The molecule has 3 heterocycles. The fourth-order valence-corrected chi connectivity index (χ4v) is 4.55. The number of amides is 1. The van der Waals surface area contributed by atoms with Gasteiger partial charge in [-0.3, -0.25) is 4.79 Å². The van der Waals surface area contributed by atoms with E-state index in [1.165, 1.54) is 19.3 Å². The van der Waals surface area contributed by atoms with Crippen molar-refractivity contribution in [1.29, 1.82) is 0 Å². The minimum absolute atomic E-state index is 0.0904. The van der Waals surface area contributed by atoms with E-state index >= 15 is 0 Å². The fraction of sp³-hybridized carbons (Fsp3) is 0.350. The normalized spacial score (nSPS) is 14.6. The number of aromatic nitrogens is 2. The minimum Gasteiger partial charge on any atom is -0.356 e. The van der Waals surface area contributed by atoms with Crippen LogP contribution in [-0.4, -0.2) is 29.0 Å². The van der Waals surface area contributed by atoms with E-state index in [-0.39, 0.29) is 5.91 Å². The number of nitrogens with one attached hydrogen (secondary N) is 1. The number of fused-ring (bicyclic) bond motifs is 1. The van der Waals surface area contributed by atoms with Gasteiger partial charge in [-0.1, -0.05) is 12.1 Å². The van der Waals surface area contributed by atoms with Crippen LogP contribution in [0.2, 0.25) is 0 Å². The van der Waals surface area contributed by atoms with Gasteiger partial charge in [0.05, 0.1) is 10.9 Å². The van der Waals surface area contributed by atoms with Crippen LogP contribution in [-0.2, 0) is 0 Å². The standard InChI is InChI=1S/C20H22N4OS/c1-13-7-6-8-15(11-13)23-19(25)16-14(2)26-20-17(16)18(21-12-22-20)24-9-4-3-5-10-24/h6-8,11-12H,3-5,9-10H2,1-2H3,(H,23,25). The van der Waals surface area contributed by atoms with Crippen molar-refractivity contribution in [2.24, 2.45) is 0 Å². The van der Waals surface area contributed by atoms with Crippen LogP contribution in [0.1, 0.15) is 40.1 Å².